The molecule has 144 valence electrons. The van der Waals surface area contributed by atoms with Gasteiger partial charge in [-0.05, 0) is 56.3 Å². The molecule has 0 amide bonds. The van der Waals surface area contributed by atoms with Crippen molar-refractivity contribution in [2.75, 3.05) is 0 Å². The number of nitrogens with zero attached hydrogens (tertiary/aromatic N) is 2. The highest BCUT2D eigenvalue weighted by Crippen LogP contribution is 2.22. The van der Waals surface area contributed by atoms with Crippen LogP contribution in [0, 0.1) is 19.7 Å². The number of ether oxygens (including phenoxy) is 1. The zero-order valence-electron chi connectivity index (χ0n) is 15.2. The Hall–Kier alpha value is -2.63. The van der Waals surface area contributed by atoms with Crippen LogP contribution in [0.3, 0.4) is 0 Å². The maximum atomic E-state index is 13.1. The van der Waals surface area contributed by atoms with E-state index in [1.807, 2.05) is 13.8 Å². The number of aryl methyl sites for hydroxylation is 1. The van der Waals surface area contributed by atoms with E-state index in [1.54, 1.807) is 41.1 Å². The van der Waals surface area contributed by atoms with Gasteiger partial charge in [0, 0.05) is 32.9 Å². The number of hydrogen-bond donors (Lipinski definition) is 0. The molecule has 3 rings (SSSR count). The smallest absolute Gasteiger partial charge is 0.331 e. The van der Waals surface area contributed by atoms with Crippen LogP contribution in [0.1, 0.15) is 22.5 Å². The Bertz CT molecular complexity index is 1040. The number of esters is 1. The van der Waals surface area contributed by atoms with E-state index in [1.165, 1.54) is 18.2 Å². The van der Waals surface area contributed by atoms with Gasteiger partial charge in [0.15, 0.2) is 0 Å². The molecule has 0 radical (unpaired) electrons. The number of rotatable bonds is 5. The van der Waals surface area contributed by atoms with Crippen LogP contribution in [0.2, 0.25) is 10.0 Å². The Labute approximate surface area is 172 Å². The van der Waals surface area contributed by atoms with E-state index >= 15 is 0 Å². The predicted octanol–water partition coefficient (Wildman–Crippen LogP) is 5.69. The highest BCUT2D eigenvalue weighted by molar-refractivity contribution is 6.35. The molecule has 0 saturated heterocycles. The van der Waals surface area contributed by atoms with E-state index < -0.39 is 5.97 Å². The molecule has 0 spiro atoms. The number of hydrogen-bond acceptors (Lipinski definition) is 3. The van der Waals surface area contributed by atoms with Crippen LogP contribution in [0.5, 0.6) is 0 Å². The van der Waals surface area contributed by atoms with Crippen LogP contribution in [-0.2, 0) is 16.1 Å². The zero-order chi connectivity index (χ0) is 20.3. The van der Waals surface area contributed by atoms with Gasteiger partial charge in [-0.2, -0.15) is 5.10 Å². The zero-order valence-corrected chi connectivity index (χ0v) is 16.8. The van der Waals surface area contributed by atoms with Gasteiger partial charge in [0.25, 0.3) is 0 Å². The molecule has 28 heavy (non-hydrogen) atoms. The lowest BCUT2D eigenvalue weighted by Gasteiger charge is -2.05. The Morgan fingerprint density at radius 2 is 1.89 bits per heavy atom. The van der Waals surface area contributed by atoms with Crippen molar-refractivity contribution in [1.29, 1.82) is 0 Å². The van der Waals surface area contributed by atoms with E-state index in [2.05, 4.69) is 5.10 Å². The Balaban J connectivity index is 1.71. The third kappa shape index (κ3) is 4.61. The third-order valence-electron chi connectivity index (χ3n) is 4.19. The average molecular weight is 419 g/mol. The maximum Gasteiger partial charge on any atom is 0.331 e. The summed E-state index contributed by atoms with van der Waals surface area (Å²) in [5, 5.41) is 5.42. The van der Waals surface area contributed by atoms with Gasteiger partial charge >= 0.3 is 5.97 Å². The van der Waals surface area contributed by atoms with Gasteiger partial charge < -0.3 is 4.74 Å². The topological polar surface area (TPSA) is 44.1 Å². The molecule has 1 aromatic heterocycles. The van der Waals surface area contributed by atoms with Crippen LogP contribution < -0.4 is 0 Å². The van der Waals surface area contributed by atoms with E-state index in [9.17, 15) is 9.18 Å². The van der Waals surface area contributed by atoms with Gasteiger partial charge in [-0.25, -0.2) is 13.9 Å². The van der Waals surface area contributed by atoms with E-state index in [0.29, 0.717) is 15.6 Å². The Morgan fingerprint density at radius 1 is 1.18 bits per heavy atom. The summed E-state index contributed by atoms with van der Waals surface area (Å²) in [4.78, 5) is 12.1. The fourth-order valence-electron chi connectivity index (χ4n) is 2.72. The summed E-state index contributed by atoms with van der Waals surface area (Å²) in [6.07, 6.45) is 3.00. The molecule has 0 N–H and O–H groups in total. The predicted molar refractivity (Wildman–Crippen MR) is 108 cm³/mol. The molecule has 0 bridgehead atoms. The fourth-order valence-corrected chi connectivity index (χ4v) is 3.18. The maximum absolute atomic E-state index is 13.1. The van der Waals surface area contributed by atoms with E-state index in [-0.39, 0.29) is 12.4 Å². The number of carbonyl (C=O) groups excluding carboxylic acids is 1. The van der Waals surface area contributed by atoms with Crippen molar-refractivity contribution in [2.24, 2.45) is 0 Å². The molecule has 0 atom stereocenters. The first kappa shape index (κ1) is 20.1. The molecule has 2 aromatic carbocycles. The standard InChI is InChI=1S/C21H17Cl2FN2O2/c1-13-19(14(2)26(25-13)18-7-5-17(24)6-8-18)9-10-21(27)28-12-15-3-4-16(22)11-20(15)23/h3-11H,12H2,1-2H3. The van der Waals surface area contributed by atoms with Gasteiger partial charge in [0.2, 0.25) is 0 Å². The monoisotopic (exact) mass is 418 g/mol. The molecule has 0 fully saturated rings. The van der Waals surface area contributed by atoms with Gasteiger partial charge in [0.05, 0.1) is 11.4 Å². The first-order chi connectivity index (χ1) is 13.3. The summed E-state index contributed by atoms with van der Waals surface area (Å²) in [7, 11) is 0. The molecule has 0 aliphatic rings. The van der Waals surface area contributed by atoms with Crippen molar-refractivity contribution < 1.29 is 13.9 Å². The van der Waals surface area contributed by atoms with Crippen molar-refractivity contribution in [2.45, 2.75) is 20.5 Å². The van der Waals surface area contributed by atoms with Crippen LogP contribution in [0.15, 0.2) is 48.5 Å². The molecule has 7 heteroatoms. The molecule has 0 saturated carbocycles. The molecule has 3 aromatic rings. The SMILES string of the molecule is Cc1nn(-c2ccc(F)cc2)c(C)c1C=CC(=O)OCc1ccc(Cl)cc1Cl. The number of aromatic nitrogens is 2. The lowest BCUT2D eigenvalue weighted by molar-refractivity contribution is -0.138. The lowest BCUT2D eigenvalue weighted by atomic mass is 10.2. The van der Waals surface area contributed by atoms with Crippen molar-refractivity contribution in [3.05, 3.63) is 86.9 Å². The summed E-state index contributed by atoms with van der Waals surface area (Å²) in [5.74, 6) is -0.812. The van der Waals surface area contributed by atoms with E-state index in [0.717, 1.165) is 22.6 Å². The summed E-state index contributed by atoms with van der Waals surface area (Å²) >= 11 is 11.9. The Kier molecular flexibility index (Phi) is 6.17. The van der Waals surface area contributed by atoms with E-state index in [4.69, 9.17) is 27.9 Å². The van der Waals surface area contributed by atoms with Gasteiger partial charge in [-0.15, -0.1) is 0 Å². The van der Waals surface area contributed by atoms with Gasteiger partial charge in [-0.1, -0.05) is 29.3 Å². The number of benzene rings is 2. The van der Waals surface area contributed by atoms with Crippen molar-refractivity contribution in [3.8, 4) is 5.69 Å². The molecular formula is C21H17Cl2FN2O2. The van der Waals surface area contributed by atoms with Crippen LogP contribution >= 0.6 is 23.2 Å². The second kappa shape index (κ2) is 8.59. The largest absolute Gasteiger partial charge is 0.458 e. The minimum atomic E-state index is -0.501. The van der Waals surface area contributed by atoms with Gasteiger partial charge in [0.1, 0.15) is 12.4 Å². The van der Waals surface area contributed by atoms with Crippen LogP contribution in [-0.4, -0.2) is 15.7 Å². The summed E-state index contributed by atoms with van der Waals surface area (Å²) in [6, 6.07) is 11.0. The highest BCUT2D eigenvalue weighted by atomic mass is 35.5. The minimum Gasteiger partial charge on any atom is -0.458 e. The number of halogens is 3. The second-order valence-corrected chi connectivity index (χ2v) is 6.99. The summed E-state index contributed by atoms with van der Waals surface area (Å²) in [5.41, 5.74) is 3.78. The molecule has 0 aliphatic carbocycles. The van der Waals surface area contributed by atoms with Crippen molar-refractivity contribution in [1.82, 2.24) is 9.78 Å². The number of carbonyl (C=O) groups is 1. The summed E-state index contributed by atoms with van der Waals surface area (Å²) < 4.78 is 20.1. The fraction of sp³-hybridized carbons (Fsp3) is 0.143. The van der Waals surface area contributed by atoms with Crippen LogP contribution in [0.4, 0.5) is 4.39 Å². The lowest BCUT2D eigenvalue weighted by Crippen LogP contribution is -2.01. The first-order valence-electron chi connectivity index (χ1n) is 8.46. The Morgan fingerprint density at radius 3 is 2.57 bits per heavy atom. The molecular weight excluding hydrogens is 402 g/mol. The molecule has 0 unspecified atom stereocenters. The van der Waals surface area contributed by atoms with Gasteiger partial charge in [-0.3, -0.25) is 0 Å². The molecule has 4 nitrogen and oxygen atoms in total. The van der Waals surface area contributed by atoms with Crippen LogP contribution in [0.25, 0.3) is 11.8 Å². The minimum absolute atomic E-state index is 0.0476. The van der Waals surface area contributed by atoms with Crippen molar-refractivity contribution in [3.63, 3.8) is 0 Å². The quantitative estimate of drug-likeness (QED) is 0.394. The average Bonchev–Trinajstić information content (AvgIpc) is 2.94. The normalized spacial score (nSPS) is 11.2. The highest BCUT2D eigenvalue weighted by Gasteiger charge is 2.11. The third-order valence-corrected chi connectivity index (χ3v) is 4.78. The van der Waals surface area contributed by atoms with Crippen molar-refractivity contribution >= 4 is 35.2 Å². The molecule has 0 aliphatic heterocycles. The first-order valence-corrected chi connectivity index (χ1v) is 9.21. The second-order valence-electron chi connectivity index (χ2n) is 6.15. The summed E-state index contributed by atoms with van der Waals surface area (Å²) in [6.45, 7) is 3.76. The molecule has 1 heterocycles.